The van der Waals surface area contributed by atoms with E-state index in [9.17, 15) is 19.2 Å². The quantitative estimate of drug-likeness (QED) is 0.348. The van der Waals surface area contributed by atoms with Crippen LogP contribution in [0.2, 0.25) is 5.02 Å². The lowest BCUT2D eigenvalue weighted by atomic mass is 9.92. The summed E-state index contributed by atoms with van der Waals surface area (Å²) >= 11 is 6.10. The van der Waals surface area contributed by atoms with Gasteiger partial charge in [0.15, 0.2) is 0 Å². The number of benzene rings is 2. The van der Waals surface area contributed by atoms with Crippen molar-refractivity contribution in [2.75, 3.05) is 44.6 Å². The van der Waals surface area contributed by atoms with Crippen LogP contribution in [0.15, 0.2) is 42.5 Å². The van der Waals surface area contributed by atoms with E-state index in [4.69, 9.17) is 22.6 Å². The van der Waals surface area contributed by atoms with Crippen LogP contribution >= 0.6 is 11.6 Å². The number of nitriles is 1. The Hall–Kier alpha value is -3.98. The third kappa shape index (κ3) is 8.32. The molecule has 11 nitrogen and oxygen atoms in total. The molecule has 4 N–H and O–H groups in total. The first-order valence-electron chi connectivity index (χ1n) is 14.5. The van der Waals surface area contributed by atoms with Crippen LogP contribution in [0.4, 0.5) is 5.69 Å². The summed E-state index contributed by atoms with van der Waals surface area (Å²) in [6, 6.07) is 13.1. The molecule has 2 aliphatic heterocycles. The number of nitrogens with two attached hydrogens (primary N) is 1. The number of amides is 4. The lowest BCUT2D eigenvalue weighted by Gasteiger charge is -2.37. The van der Waals surface area contributed by atoms with Gasteiger partial charge in [-0.2, -0.15) is 5.26 Å². The predicted octanol–water partition coefficient (Wildman–Crippen LogP) is 1.82. The van der Waals surface area contributed by atoms with Crippen LogP contribution in [-0.2, 0) is 32.1 Å². The second kappa shape index (κ2) is 15.0. The lowest BCUT2D eigenvalue weighted by Crippen LogP contribution is -2.56. The average Bonchev–Trinajstić information content (AvgIpc) is 3.01. The number of carbonyl (C=O) groups excluding carboxylic acids is 4. The summed E-state index contributed by atoms with van der Waals surface area (Å²) in [6.45, 7) is 4.81. The standard InChI is InChI=1S/C31H38ClN7O4/c1-21-18-24(6-7-25(21)32)35-30(42)26(10-11-33)36-31(43)27-19-22-4-2-3-5-23(22)20-39(27)29(41)9-8-28(40)38-16-14-37(13-12-34)15-17-38/h2-7,18,26-27H,8-11,13-17,19-20,33H2,1H3,(H,35,42)(H,36,43)/t26-,27-/m0/s1. The largest absolute Gasteiger partial charge is 0.342 e. The highest BCUT2D eigenvalue weighted by Gasteiger charge is 2.36. The number of nitrogens with one attached hydrogen (secondary N) is 2. The third-order valence-electron chi connectivity index (χ3n) is 7.96. The van der Waals surface area contributed by atoms with E-state index in [2.05, 4.69) is 16.7 Å². The summed E-state index contributed by atoms with van der Waals surface area (Å²) in [5.41, 5.74) is 9.02. The van der Waals surface area contributed by atoms with Gasteiger partial charge in [0.25, 0.3) is 0 Å². The van der Waals surface area contributed by atoms with Gasteiger partial charge < -0.3 is 26.2 Å². The van der Waals surface area contributed by atoms with E-state index >= 15 is 0 Å². The molecule has 4 amide bonds. The third-order valence-corrected chi connectivity index (χ3v) is 8.38. The first-order valence-corrected chi connectivity index (χ1v) is 14.9. The molecule has 1 saturated heterocycles. The van der Waals surface area contributed by atoms with Crippen molar-refractivity contribution in [3.63, 3.8) is 0 Å². The van der Waals surface area contributed by atoms with Crippen LogP contribution in [0.25, 0.3) is 0 Å². The van der Waals surface area contributed by atoms with Crippen molar-refractivity contribution in [1.29, 1.82) is 5.26 Å². The Kier molecular flexibility index (Phi) is 11.1. The van der Waals surface area contributed by atoms with Gasteiger partial charge in [-0.25, -0.2) is 0 Å². The number of piperazine rings is 1. The maximum Gasteiger partial charge on any atom is 0.246 e. The molecule has 228 valence electrons. The molecule has 0 radical (unpaired) electrons. The van der Waals surface area contributed by atoms with Crippen LogP contribution in [0.5, 0.6) is 0 Å². The number of rotatable bonds is 10. The number of anilines is 1. The number of hydrogen-bond donors (Lipinski definition) is 3. The molecule has 12 heteroatoms. The summed E-state index contributed by atoms with van der Waals surface area (Å²) in [6.07, 6.45) is 0.488. The Labute approximate surface area is 256 Å². The van der Waals surface area contributed by atoms with Gasteiger partial charge in [0, 0.05) is 62.7 Å². The molecular formula is C31H38ClN7O4. The van der Waals surface area contributed by atoms with E-state index in [0.29, 0.717) is 43.4 Å². The minimum atomic E-state index is -0.913. The Morgan fingerprint density at radius 2 is 1.74 bits per heavy atom. The summed E-state index contributed by atoms with van der Waals surface area (Å²) in [7, 11) is 0. The zero-order valence-electron chi connectivity index (χ0n) is 24.4. The second-order valence-electron chi connectivity index (χ2n) is 10.9. The number of halogens is 1. The molecule has 2 aliphatic rings. The molecule has 0 spiro atoms. The van der Waals surface area contributed by atoms with Crippen molar-refractivity contribution in [3.05, 3.63) is 64.2 Å². The van der Waals surface area contributed by atoms with Gasteiger partial charge in [-0.05, 0) is 54.8 Å². The summed E-state index contributed by atoms with van der Waals surface area (Å²) in [5.74, 6) is -1.30. The van der Waals surface area contributed by atoms with Crippen LogP contribution in [0.1, 0.15) is 36.0 Å². The van der Waals surface area contributed by atoms with Gasteiger partial charge in [-0.1, -0.05) is 35.9 Å². The van der Waals surface area contributed by atoms with Crippen molar-refractivity contribution < 1.29 is 19.2 Å². The van der Waals surface area contributed by atoms with E-state index in [1.54, 1.807) is 23.1 Å². The Morgan fingerprint density at radius 1 is 1.05 bits per heavy atom. The van der Waals surface area contributed by atoms with Gasteiger partial charge in [0.05, 0.1) is 12.6 Å². The molecule has 2 aromatic rings. The molecule has 2 atom stereocenters. The van der Waals surface area contributed by atoms with Crippen LogP contribution in [0, 0.1) is 18.3 Å². The molecule has 0 aliphatic carbocycles. The van der Waals surface area contributed by atoms with Gasteiger partial charge >= 0.3 is 0 Å². The van der Waals surface area contributed by atoms with E-state index in [0.717, 1.165) is 16.7 Å². The first-order chi connectivity index (χ1) is 20.7. The van der Waals surface area contributed by atoms with Crippen molar-refractivity contribution in [3.8, 4) is 6.07 Å². The van der Waals surface area contributed by atoms with Gasteiger partial charge in [0.1, 0.15) is 12.1 Å². The molecule has 0 unspecified atom stereocenters. The van der Waals surface area contributed by atoms with Gasteiger partial charge in [-0.3, -0.25) is 24.1 Å². The summed E-state index contributed by atoms with van der Waals surface area (Å²) < 4.78 is 0. The SMILES string of the molecule is Cc1cc(NC(=O)[C@H](CCN)NC(=O)[C@@H]2Cc3ccccc3CN2C(=O)CCC(=O)N2CCN(CC#N)CC2)ccc1Cl. The predicted molar refractivity (Wildman–Crippen MR) is 163 cm³/mol. The molecule has 2 aromatic carbocycles. The fourth-order valence-electron chi connectivity index (χ4n) is 5.45. The summed E-state index contributed by atoms with van der Waals surface area (Å²) in [5, 5.41) is 15.1. The molecule has 0 saturated carbocycles. The molecule has 0 aromatic heterocycles. The van der Waals surface area contributed by atoms with E-state index in [-0.39, 0.29) is 50.6 Å². The fraction of sp³-hybridized carbons (Fsp3) is 0.452. The van der Waals surface area contributed by atoms with Crippen LogP contribution < -0.4 is 16.4 Å². The minimum absolute atomic E-state index is 0.0300. The Balaban J connectivity index is 1.43. The van der Waals surface area contributed by atoms with E-state index < -0.39 is 23.9 Å². The van der Waals surface area contributed by atoms with Crippen LogP contribution in [-0.4, -0.2) is 89.7 Å². The fourth-order valence-corrected chi connectivity index (χ4v) is 5.56. The van der Waals surface area contributed by atoms with Crippen molar-refractivity contribution in [1.82, 2.24) is 20.0 Å². The number of aryl methyl sites for hydroxylation is 1. The van der Waals surface area contributed by atoms with Crippen molar-refractivity contribution >= 4 is 40.9 Å². The number of hydrogen-bond acceptors (Lipinski definition) is 7. The highest BCUT2D eigenvalue weighted by atomic mass is 35.5. The first kappa shape index (κ1) is 31.9. The molecule has 0 bridgehead atoms. The van der Waals surface area contributed by atoms with Gasteiger partial charge in [-0.15, -0.1) is 0 Å². The van der Waals surface area contributed by atoms with Gasteiger partial charge in [0.2, 0.25) is 23.6 Å². The van der Waals surface area contributed by atoms with Crippen molar-refractivity contribution in [2.45, 2.75) is 51.2 Å². The zero-order valence-corrected chi connectivity index (χ0v) is 25.1. The molecule has 1 fully saturated rings. The molecule has 4 rings (SSSR count). The zero-order chi connectivity index (χ0) is 30.9. The average molecular weight is 608 g/mol. The highest BCUT2D eigenvalue weighted by molar-refractivity contribution is 6.31. The Bertz CT molecular complexity index is 1390. The molecule has 43 heavy (non-hydrogen) atoms. The maximum absolute atomic E-state index is 13.7. The number of carbonyl (C=O) groups is 4. The normalized spacial score (nSPS) is 17.4. The molecule has 2 heterocycles. The highest BCUT2D eigenvalue weighted by Crippen LogP contribution is 2.25. The topological polar surface area (TPSA) is 152 Å². The second-order valence-corrected chi connectivity index (χ2v) is 11.3. The van der Waals surface area contributed by atoms with Crippen LogP contribution in [0.3, 0.4) is 0 Å². The monoisotopic (exact) mass is 607 g/mol. The maximum atomic E-state index is 13.7. The summed E-state index contributed by atoms with van der Waals surface area (Å²) in [4.78, 5) is 58.4. The van der Waals surface area contributed by atoms with E-state index in [1.807, 2.05) is 36.1 Å². The molecular weight excluding hydrogens is 570 g/mol. The van der Waals surface area contributed by atoms with Crippen molar-refractivity contribution in [2.24, 2.45) is 5.73 Å². The Morgan fingerprint density at radius 3 is 2.42 bits per heavy atom. The number of nitrogens with zero attached hydrogens (tertiary/aromatic N) is 4. The smallest absolute Gasteiger partial charge is 0.246 e. The van der Waals surface area contributed by atoms with E-state index in [1.165, 1.54) is 4.90 Å². The number of fused-ring (bicyclic) bond motifs is 1. The lowest BCUT2D eigenvalue weighted by molar-refractivity contribution is -0.144. The minimum Gasteiger partial charge on any atom is -0.342 e.